The van der Waals surface area contributed by atoms with Crippen molar-refractivity contribution < 1.29 is 9.53 Å². The lowest BCUT2D eigenvalue weighted by atomic mass is 10.1. The number of halogens is 1. The molecule has 0 amide bonds. The molecule has 0 aliphatic carbocycles. The molecule has 0 unspecified atom stereocenters. The van der Waals surface area contributed by atoms with Crippen molar-refractivity contribution in [3.63, 3.8) is 0 Å². The lowest BCUT2D eigenvalue weighted by Crippen LogP contribution is -2.00. The van der Waals surface area contributed by atoms with Crippen LogP contribution in [0.1, 0.15) is 15.9 Å². The zero-order chi connectivity index (χ0) is 16.2. The summed E-state index contributed by atoms with van der Waals surface area (Å²) < 4.78 is 6.88. The van der Waals surface area contributed by atoms with Crippen LogP contribution in [0.25, 0.3) is 11.3 Å². The van der Waals surface area contributed by atoms with Crippen LogP contribution in [0.3, 0.4) is 0 Å². The Morgan fingerprint density at radius 1 is 1.17 bits per heavy atom. The Morgan fingerprint density at radius 3 is 2.57 bits per heavy atom. The first-order valence-electron chi connectivity index (χ1n) is 7.11. The summed E-state index contributed by atoms with van der Waals surface area (Å²) in [6.07, 6.45) is 2.55. The summed E-state index contributed by atoms with van der Waals surface area (Å²) in [6.45, 7) is 0.511. The van der Waals surface area contributed by atoms with Gasteiger partial charge in [-0.25, -0.2) is 0 Å². The Kier molecular flexibility index (Phi) is 4.44. The molecule has 1 aromatic heterocycles. The highest BCUT2D eigenvalue weighted by atomic mass is 35.5. The topological polar surface area (TPSA) is 44.1 Å². The fourth-order valence-corrected chi connectivity index (χ4v) is 2.57. The minimum atomic E-state index is 0.511. The largest absolute Gasteiger partial charge is 0.497 e. The van der Waals surface area contributed by atoms with Crippen molar-refractivity contribution in [3.05, 3.63) is 70.9 Å². The maximum Gasteiger partial charge on any atom is 0.153 e. The highest BCUT2D eigenvalue weighted by Gasteiger charge is 2.12. The summed E-state index contributed by atoms with van der Waals surface area (Å²) in [4.78, 5) is 11.4. The summed E-state index contributed by atoms with van der Waals surface area (Å²) in [5, 5.41) is 5.21. The van der Waals surface area contributed by atoms with Crippen molar-refractivity contribution in [2.24, 2.45) is 0 Å². The van der Waals surface area contributed by atoms with Crippen molar-refractivity contribution in [2.45, 2.75) is 6.54 Å². The molecule has 0 fully saturated rings. The summed E-state index contributed by atoms with van der Waals surface area (Å²) in [6, 6.07) is 15.0. The normalized spacial score (nSPS) is 10.5. The Balaban J connectivity index is 1.94. The van der Waals surface area contributed by atoms with Crippen LogP contribution >= 0.6 is 11.6 Å². The van der Waals surface area contributed by atoms with Gasteiger partial charge in [-0.1, -0.05) is 29.8 Å². The standard InChI is InChI=1S/C18H15ClN2O2/c1-23-16-8-6-13(7-9-16)18-15(12-22)11-21(20-18)10-14-4-2-3-5-17(14)19/h2-9,11-12H,10H2,1H3. The van der Waals surface area contributed by atoms with E-state index in [4.69, 9.17) is 16.3 Å². The average Bonchev–Trinajstić information content (AvgIpc) is 3.00. The Morgan fingerprint density at radius 2 is 1.91 bits per heavy atom. The van der Waals surface area contributed by atoms with Gasteiger partial charge in [0.05, 0.1) is 19.2 Å². The maximum absolute atomic E-state index is 11.4. The molecule has 4 nitrogen and oxygen atoms in total. The molecule has 0 N–H and O–H groups in total. The quantitative estimate of drug-likeness (QED) is 0.664. The van der Waals surface area contributed by atoms with Crippen molar-refractivity contribution >= 4 is 17.9 Å². The molecule has 3 rings (SSSR count). The van der Waals surface area contributed by atoms with Crippen molar-refractivity contribution in [2.75, 3.05) is 7.11 Å². The van der Waals surface area contributed by atoms with Gasteiger partial charge in [0.2, 0.25) is 0 Å². The molecular formula is C18H15ClN2O2. The number of aromatic nitrogens is 2. The molecule has 5 heteroatoms. The second-order valence-corrected chi connectivity index (χ2v) is 5.48. The molecule has 0 aliphatic heterocycles. The second kappa shape index (κ2) is 6.67. The lowest BCUT2D eigenvalue weighted by molar-refractivity contribution is 0.112. The lowest BCUT2D eigenvalue weighted by Gasteiger charge is -2.04. The second-order valence-electron chi connectivity index (χ2n) is 5.07. The number of hydrogen-bond donors (Lipinski definition) is 0. The number of nitrogens with zero attached hydrogens (tertiary/aromatic N) is 2. The Hall–Kier alpha value is -2.59. The van der Waals surface area contributed by atoms with Crippen LogP contribution in [0.5, 0.6) is 5.75 Å². The third kappa shape index (κ3) is 3.27. The number of methoxy groups -OCH3 is 1. The number of rotatable bonds is 5. The third-order valence-corrected chi connectivity index (χ3v) is 3.94. The number of aldehydes is 1. The van der Waals surface area contributed by atoms with Crippen LogP contribution in [-0.2, 0) is 6.54 Å². The third-order valence-electron chi connectivity index (χ3n) is 3.57. The minimum absolute atomic E-state index is 0.511. The van der Waals surface area contributed by atoms with Gasteiger partial charge in [0.15, 0.2) is 6.29 Å². The molecule has 0 radical (unpaired) electrons. The number of carbonyl (C=O) groups excluding carboxylic acids is 1. The first-order chi connectivity index (χ1) is 11.2. The Bertz CT molecular complexity index is 825. The van der Waals surface area contributed by atoms with Gasteiger partial charge in [0.1, 0.15) is 11.4 Å². The highest BCUT2D eigenvalue weighted by Crippen LogP contribution is 2.24. The predicted octanol–water partition coefficient (Wildman–Crippen LogP) is 4.07. The highest BCUT2D eigenvalue weighted by molar-refractivity contribution is 6.31. The molecule has 3 aromatic rings. The fraction of sp³-hybridized carbons (Fsp3) is 0.111. The first-order valence-corrected chi connectivity index (χ1v) is 7.49. The van der Waals surface area contributed by atoms with Gasteiger partial charge in [-0.3, -0.25) is 9.48 Å². The molecule has 116 valence electrons. The van der Waals surface area contributed by atoms with Crippen LogP contribution < -0.4 is 4.74 Å². The monoisotopic (exact) mass is 326 g/mol. The molecule has 1 heterocycles. The zero-order valence-corrected chi connectivity index (χ0v) is 13.3. The van der Waals surface area contributed by atoms with E-state index in [0.29, 0.717) is 22.8 Å². The van der Waals surface area contributed by atoms with E-state index in [0.717, 1.165) is 23.2 Å². The van der Waals surface area contributed by atoms with E-state index in [2.05, 4.69) is 5.10 Å². The molecule has 0 aliphatic rings. The fourth-order valence-electron chi connectivity index (χ4n) is 2.38. The molecule has 23 heavy (non-hydrogen) atoms. The van der Waals surface area contributed by atoms with E-state index >= 15 is 0 Å². The Labute approximate surface area is 139 Å². The summed E-state index contributed by atoms with van der Waals surface area (Å²) in [5.74, 6) is 0.761. The van der Waals surface area contributed by atoms with Gasteiger partial charge in [-0.05, 0) is 35.9 Å². The van der Waals surface area contributed by atoms with Crippen LogP contribution in [0.2, 0.25) is 5.02 Å². The average molecular weight is 327 g/mol. The molecule has 0 bridgehead atoms. The molecule has 2 aromatic carbocycles. The van der Waals surface area contributed by atoms with Gasteiger partial charge >= 0.3 is 0 Å². The van der Waals surface area contributed by atoms with Crippen LogP contribution in [-0.4, -0.2) is 23.2 Å². The number of carbonyl (C=O) groups is 1. The molecule has 0 saturated carbocycles. The van der Waals surface area contributed by atoms with Crippen molar-refractivity contribution in [3.8, 4) is 17.0 Å². The van der Waals surface area contributed by atoms with E-state index < -0.39 is 0 Å². The van der Waals surface area contributed by atoms with E-state index in [9.17, 15) is 4.79 Å². The summed E-state index contributed by atoms with van der Waals surface area (Å²) >= 11 is 6.18. The number of ether oxygens (including phenoxy) is 1. The smallest absolute Gasteiger partial charge is 0.153 e. The molecule has 0 spiro atoms. The summed E-state index contributed by atoms with van der Waals surface area (Å²) in [5.41, 5.74) is 3.01. The van der Waals surface area contributed by atoms with E-state index in [-0.39, 0.29) is 0 Å². The van der Waals surface area contributed by atoms with Crippen LogP contribution in [0.4, 0.5) is 0 Å². The maximum atomic E-state index is 11.4. The first kappa shape index (κ1) is 15.3. The molecular weight excluding hydrogens is 312 g/mol. The van der Waals surface area contributed by atoms with Gasteiger partial charge in [-0.15, -0.1) is 0 Å². The minimum Gasteiger partial charge on any atom is -0.497 e. The zero-order valence-electron chi connectivity index (χ0n) is 12.6. The molecule has 0 atom stereocenters. The summed E-state index contributed by atoms with van der Waals surface area (Å²) in [7, 11) is 1.62. The van der Waals surface area contributed by atoms with Gasteiger partial charge < -0.3 is 4.74 Å². The van der Waals surface area contributed by atoms with Crippen LogP contribution in [0, 0.1) is 0 Å². The predicted molar refractivity (Wildman–Crippen MR) is 90.2 cm³/mol. The van der Waals surface area contributed by atoms with Crippen molar-refractivity contribution in [1.29, 1.82) is 0 Å². The molecule has 0 saturated heterocycles. The van der Waals surface area contributed by atoms with Crippen molar-refractivity contribution in [1.82, 2.24) is 9.78 Å². The number of hydrogen-bond acceptors (Lipinski definition) is 3. The van der Waals surface area contributed by atoms with Gasteiger partial charge in [0, 0.05) is 16.8 Å². The SMILES string of the molecule is COc1ccc(-c2nn(Cc3ccccc3Cl)cc2C=O)cc1. The van der Waals surface area contributed by atoms with E-state index in [1.165, 1.54) is 0 Å². The van der Waals surface area contributed by atoms with Gasteiger partial charge in [-0.2, -0.15) is 5.10 Å². The van der Waals surface area contributed by atoms with Gasteiger partial charge in [0.25, 0.3) is 0 Å². The van der Waals surface area contributed by atoms with E-state index in [1.54, 1.807) is 18.0 Å². The number of benzene rings is 2. The van der Waals surface area contributed by atoms with E-state index in [1.807, 2.05) is 48.5 Å². The van der Waals surface area contributed by atoms with Crippen LogP contribution in [0.15, 0.2) is 54.7 Å².